The van der Waals surface area contributed by atoms with Crippen molar-refractivity contribution in [2.45, 2.75) is 20.3 Å². The molecule has 25 heavy (non-hydrogen) atoms. The lowest BCUT2D eigenvalue weighted by molar-refractivity contribution is 0.317. The lowest BCUT2D eigenvalue weighted by Crippen LogP contribution is -1.96. The zero-order valence-corrected chi connectivity index (χ0v) is 15.1. The molecule has 6 heteroatoms. The molecule has 0 bridgehead atoms. The molecule has 0 unspecified atom stereocenters. The van der Waals surface area contributed by atoms with Gasteiger partial charge in [-0.1, -0.05) is 30.7 Å². The van der Waals surface area contributed by atoms with Crippen molar-refractivity contribution < 1.29 is 4.74 Å². The maximum absolute atomic E-state index is 5.59. The van der Waals surface area contributed by atoms with Crippen LogP contribution in [0.4, 0.5) is 0 Å². The fourth-order valence-corrected chi connectivity index (χ4v) is 2.54. The Morgan fingerprint density at radius 3 is 2.76 bits per heavy atom. The molecular weight excluding hydrogens is 332 g/mol. The minimum Gasteiger partial charge on any atom is -0.494 e. The SMILES string of the molecule is CCCOc1ccc(C=Nn2c(-c3cccc(C)c3)n[nH]c2=S)cc1. The van der Waals surface area contributed by atoms with Crippen molar-refractivity contribution in [3.63, 3.8) is 0 Å². The number of nitrogens with one attached hydrogen (secondary N) is 1. The molecule has 2 aromatic carbocycles. The van der Waals surface area contributed by atoms with Crippen LogP contribution >= 0.6 is 12.2 Å². The predicted octanol–water partition coefficient (Wildman–Crippen LogP) is 4.59. The maximum atomic E-state index is 5.59. The third-order valence-electron chi connectivity index (χ3n) is 3.60. The molecule has 1 N–H and O–H groups in total. The smallest absolute Gasteiger partial charge is 0.216 e. The number of hydrogen-bond acceptors (Lipinski definition) is 4. The normalized spacial score (nSPS) is 11.1. The molecular formula is C19H20N4OS. The van der Waals surface area contributed by atoms with Gasteiger partial charge in [0, 0.05) is 5.56 Å². The number of aromatic amines is 1. The molecule has 0 radical (unpaired) electrons. The van der Waals surface area contributed by atoms with Crippen LogP contribution in [0.3, 0.4) is 0 Å². The first kappa shape index (κ1) is 17.1. The number of aryl methyl sites for hydroxylation is 1. The van der Waals surface area contributed by atoms with E-state index in [0.29, 0.717) is 10.6 Å². The minimum absolute atomic E-state index is 0.454. The van der Waals surface area contributed by atoms with E-state index >= 15 is 0 Å². The second kappa shape index (κ2) is 7.90. The van der Waals surface area contributed by atoms with Crippen molar-refractivity contribution in [2.75, 3.05) is 6.61 Å². The molecule has 3 rings (SSSR count). The fraction of sp³-hybridized carbons (Fsp3) is 0.211. The van der Waals surface area contributed by atoms with Crippen LogP contribution in [-0.4, -0.2) is 27.7 Å². The number of rotatable bonds is 6. The van der Waals surface area contributed by atoms with Gasteiger partial charge in [-0.2, -0.15) is 14.9 Å². The number of benzene rings is 2. The first-order chi connectivity index (χ1) is 12.2. The molecule has 0 aliphatic carbocycles. The lowest BCUT2D eigenvalue weighted by atomic mass is 10.1. The lowest BCUT2D eigenvalue weighted by Gasteiger charge is -2.04. The summed E-state index contributed by atoms with van der Waals surface area (Å²) < 4.78 is 7.67. The largest absolute Gasteiger partial charge is 0.494 e. The third kappa shape index (κ3) is 4.22. The van der Waals surface area contributed by atoms with Crippen molar-refractivity contribution in [3.05, 3.63) is 64.4 Å². The summed E-state index contributed by atoms with van der Waals surface area (Å²) in [6, 6.07) is 15.9. The molecule has 0 spiro atoms. The second-order valence-electron chi connectivity index (χ2n) is 5.70. The van der Waals surface area contributed by atoms with E-state index in [0.717, 1.165) is 35.5 Å². The van der Waals surface area contributed by atoms with Gasteiger partial charge >= 0.3 is 0 Å². The van der Waals surface area contributed by atoms with Gasteiger partial charge in [0.15, 0.2) is 5.82 Å². The summed E-state index contributed by atoms with van der Waals surface area (Å²) in [5.74, 6) is 1.55. The zero-order chi connectivity index (χ0) is 17.6. The number of H-pyrrole nitrogens is 1. The van der Waals surface area contributed by atoms with E-state index < -0.39 is 0 Å². The number of ether oxygens (including phenoxy) is 1. The highest BCUT2D eigenvalue weighted by Crippen LogP contribution is 2.18. The van der Waals surface area contributed by atoms with E-state index in [9.17, 15) is 0 Å². The van der Waals surface area contributed by atoms with E-state index in [1.807, 2.05) is 49.4 Å². The molecule has 0 fully saturated rings. The van der Waals surface area contributed by atoms with Gasteiger partial charge in [0.1, 0.15) is 5.75 Å². The van der Waals surface area contributed by atoms with Gasteiger partial charge in [0.2, 0.25) is 4.77 Å². The average Bonchev–Trinajstić information content (AvgIpc) is 3.00. The van der Waals surface area contributed by atoms with Gasteiger partial charge in [-0.3, -0.25) is 0 Å². The van der Waals surface area contributed by atoms with Crippen molar-refractivity contribution in [3.8, 4) is 17.1 Å². The van der Waals surface area contributed by atoms with Crippen LogP contribution in [0.15, 0.2) is 53.6 Å². The Hall–Kier alpha value is -2.73. The average molecular weight is 352 g/mol. The highest BCUT2D eigenvalue weighted by atomic mass is 32.1. The summed E-state index contributed by atoms with van der Waals surface area (Å²) in [6.45, 7) is 4.85. The standard InChI is InChI=1S/C19H20N4OS/c1-3-11-24-17-9-7-15(8-10-17)13-20-23-18(21-22-19(23)25)16-6-4-5-14(2)12-16/h4-10,12-13H,3,11H2,1-2H3,(H,22,25). The minimum atomic E-state index is 0.454. The molecule has 3 aromatic rings. The van der Waals surface area contributed by atoms with Gasteiger partial charge < -0.3 is 4.74 Å². The summed E-state index contributed by atoms with van der Waals surface area (Å²) in [5.41, 5.74) is 3.08. The van der Waals surface area contributed by atoms with Crippen molar-refractivity contribution in [2.24, 2.45) is 5.10 Å². The molecule has 0 atom stereocenters. The van der Waals surface area contributed by atoms with Gasteiger partial charge in [-0.15, -0.1) is 0 Å². The zero-order valence-electron chi connectivity index (χ0n) is 14.3. The van der Waals surface area contributed by atoms with E-state index in [2.05, 4.69) is 28.3 Å². The Balaban J connectivity index is 1.84. The summed E-state index contributed by atoms with van der Waals surface area (Å²) in [6.07, 6.45) is 2.75. The highest BCUT2D eigenvalue weighted by molar-refractivity contribution is 7.71. The Morgan fingerprint density at radius 2 is 2.04 bits per heavy atom. The molecule has 5 nitrogen and oxygen atoms in total. The van der Waals surface area contributed by atoms with E-state index in [1.54, 1.807) is 10.9 Å². The van der Waals surface area contributed by atoms with Crippen molar-refractivity contribution >= 4 is 18.4 Å². The van der Waals surface area contributed by atoms with Crippen LogP contribution < -0.4 is 4.74 Å². The first-order valence-corrected chi connectivity index (χ1v) is 8.60. The van der Waals surface area contributed by atoms with Crippen LogP contribution in [-0.2, 0) is 0 Å². The summed E-state index contributed by atoms with van der Waals surface area (Å²) in [4.78, 5) is 0. The summed E-state index contributed by atoms with van der Waals surface area (Å²) >= 11 is 5.30. The Kier molecular flexibility index (Phi) is 5.40. The second-order valence-corrected chi connectivity index (χ2v) is 6.08. The number of nitrogens with zero attached hydrogens (tertiary/aromatic N) is 3. The monoisotopic (exact) mass is 352 g/mol. The number of aromatic nitrogens is 3. The molecule has 0 amide bonds. The quantitative estimate of drug-likeness (QED) is 0.521. The van der Waals surface area contributed by atoms with Crippen LogP contribution in [0.5, 0.6) is 5.75 Å². The van der Waals surface area contributed by atoms with Gasteiger partial charge in [-0.05, 0) is 61.5 Å². The molecule has 0 saturated carbocycles. The van der Waals surface area contributed by atoms with E-state index in [-0.39, 0.29) is 0 Å². The first-order valence-electron chi connectivity index (χ1n) is 8.19. The summed E-state index contributed by atoms with van der Waals surface area (Å²) in [7, 11) is 0. The molecule has 0 saturated heterocycles. The summed E-state index contributed by atoms with van der Waals surface area (Å²) in [5, 5.41) is 11.6. The molecule has 1 aromatic heterocycles. The van der Waals surface area contributed by atoms with Gasteiger partial charge in [0.05, 0.1) is 12.8 Å². The number of hydrogen-bond donors (Lipinski definition) is 1. The molecule has 128 valence electrons. The van der Waals surface area contributed by atoms with Crippen LogP contribution in [0.25, 0.3) is 11.4 Å². The third-order valence-corrected chi connectivity index (χ3v) is 3.87. The van der Waals surface area contributed by atoms with Crippen LogP contribution in [0.2, 0.25) is 0 Å². The predicted molar refractivity (Wildman–Crippen MR) is 103 cm³/mol. The van der Waals surface area contributed by atoms with E-state index in [1.165, 1.54) is 0 Å². The fourth-order valence-electron chi connectivity index (χ4n) is 2.36. The van der Waals surface area contributed by atoms with E-state index in [4.69, 9.17) is 17.0 Å². The maximum Gasteiger partial charge on any atom is 0.216 e. The highest BCUT2D eigenvalue weighted by Gasteiger charge is 2.07. The van der Waals surface area contributed by atoms with Crippen LogP contribution in [0, 0.1) is 11.7 Å². The Bertz CT molecular complexity index is 925. The molecule has 0 aliphatic rings. The molecule has 0 aliphatic heterocycles. The topological polar surface area (TPSA) is 55.2 Å². The Morgan fingerprint density at radius 1 is 1.24 bits per heavy atom. The van der Waals surface area contributed by atoms with Crippen molar-refractivity contribution in [1.29, 1.82) is 0 Å². The van der Waals surface area contributed by atoms with Gasteiger partial charge in [0.25, 0.3) is 0 Å². The van der Waals surface area contributed by atoms with Gasteiger partial charge in [-0.25, -0.2) is 5.10 Å². The molecule has 1 heterocycles. The van der Waals surface area contributed by atoms with Crippen molar-refractivity contribution in [1.82, 2.24) is 14.9 Å². The Labute approximate surface area is 152 Å². The van der Waals surface area contributed by atoms with Crippen LogP contribution in [0.1, 0.15) is 24.5 Å².